The molecule has 1 unspecified atom stereocenters. The molecular weight excluding hydrogens is 267 g/mol. The second kappa shape index (κ2) is 4.80. The maximum Gasteiger partial charge on any atom is 0.409 e. The maximum absolute atomic E-state index is 13.0. The zero-order chi connectivity index (χ0) is 13.3. The van der Waals surface area contributed by atoms with E-state index in [0.29, 0.717) is 17.7 Å². The Morgan fingerprint density at radius 1 is 1.33 bits per heavy atom. The number of fused-ring (bicyclic) bond motifs is 1. The summed E-state index contributed by atoms with van der Waals surface area (Å²) in [6.07, 6.45) is -3.70. The van der Waals surface area contributed by atoms with Crippen LogP contribution in [-0.4, -0.2) is 17.6 Å². The number of nitrogens with zero attached hydrogens (tertiary/aromatic N) is 1. The highest BCUT2D eigenvalue weighted by molar-refractivity contribution is 6.66. The average molecular weight is 278 g/mol. The van der Waals surface area contributed by atoms with E-state index in [2.05, 4.69) is 0 Å². The van der Waals surface area contributed by atoms with E-state index in [1.54, 1.807) is 18.2 Å². The first-order valence-electron chi connectivity index (χ1n) is 5.54. The number of carbonyl (C=O) groups excluding carboxylic acids is 1. The molecule has 0 N–H and O–H groups in total. The van der Waals surface area contributed by atoms with Crippen molar-refractivity contribution in [3.63, 3.8) is 0 Å². The molecule has 0 saturated carbocycles. The van der Waals surface area contributed by atoms with Gasteiger partial charge in [-0.3, -0.25) is 9.69 Å². The van der Waals surface area contributed by atoms with Gasteiger partial charge in [0.25, 0.3) is 0 Å². The average Bonchev–Trinajstić information content (AvgIpc) is 2.46. The van der Waals surface area contributed by atoms with E-state index in [0.717, 1.165) is 5.56 Å². The van der Waals surface area contributed by atoms with E-state index in [1.165, 1.54) is 6.07 Å². The van der Waals surface area contributed by atoms with Crippen LogP contribution in [0.5, 0.6) is 0 Å². The van der Waals surface area contributed by atoms with Crippen LogP contribution >= 0.6 is 11.6 Å². The van der Waals surface area contributed by atoms with E-state index in [-0.39, 0.29) is 12.1 Å². The normalized spacial score (nSPS) is 20.2. The fraction of sp³-hybridized carbons (Fsp3) is 0.417. The Morgan fingerprint density at radius 2 is 2.00 bits per heavy atom. The molecule has 1 aliphatic heterocycles. The van der Waals surface area contributed by atoms with Crippen molar-refractivity contribution < 1.29 is 18.0 Å². The Morgan fingerprint density at radius 3 is 2.61 bits per heavy atom. The molecule has 0 spiro atoms. The number of carbonyl (C=O) groups is 1. The summed E-state index contributed by atoms with van der Waals surface area (Å²) in [6, 6.07) is 4.72. The van der Waals surface area contributed by atoms with Gasteiger partial charge in [-0.1, -0.05) is 18.2 Å². The van der Waals surface area contributed by atoms with Crippen LogP contribution in [0, 0.1) is 0 Å². The summed E-state index contributed by atoms with van der Waals surface area (Å²) in [4.78, 5) is 12.0. The summed E-state index contributed by atoms with van der Waals surface area (Å²) in [5.41, 5.74) is 0.982. The van der Waals surface area contributed by atoms with Crippen molar-refractivity contribution in [2.45, 2.75) is 31.5 Å². The van der Waals surface area contributed by atoms with Gasteiger partial charge in [-0.2, -0.15) is 13.2 Å². The quantitative estimate of drug-likeness (QED) is 0.516. The fourth-order valence-corrected chi connectivity index (χ4v) is 2.48. The van der Waals surface area contributed by atoms with E-state index in [1.807, 2.05) is 0 Å². The molecule has 1 aromatic rings. The molecule has 0 fully saturated rings. The van der Waals surface area contributed by atoms with Crippen LogP contribution < -0.4 is 4.90 Å². The summed E-state index contributed by atoms with van der Waals surface area (Å²) in [5, 5.41) is -1.09. The lowest BCUT2D eigenvalue weighted by Crippen LogP contribution is -2.46. The van der Waals surface area contributed by atoms with Gasteiger partial charge in [-0.25, -0.2) is 0 Å². The van der Waals surface area contributed by atoms with Gasteiger partial charge < -0.3 is 0 Å². The van der Waals surface area contributed by atoms with Crippen molar-refractivity contribution in [3.05, 3.63) is 29.8 Å². The van der Waals surface area contributed by atoms with Crippen LogP contribution in [0.1, 0.15) is 18.4 Å². The largest absolute Gasteiger partial charge is 0.409 e. The molecular formula is C12H11ClF3NO. The number of hydrogen-bond donors (Lipinski definition) is 0. The Balaban J connectivity index is 2.51. The van der Waals surface area contributed by atoms with Crippen molar-refractivity contribution in [3.8, 4) is 0 Å². The van der Waals surface area contributed by atoms with Gasteiger partial charge >= 0.3 is 11.5 Å². The van der Waals surface area contributed by atoms with E-state index in [4.69, 9.17) is 11.6 Å². The third-order valence-corrected chi connectivity index (χ3v) is 3.24. The Bertz CT molecular complexity index is 461. The Labute approximate surface area is 107 Å². The summed E-state index contributed by atoms with van der Waals surface area (Å²) in [5.74, 6) is 0. The maximum atomic E-state index is 13.0. The topological polar surface area (TPSA) is 20.3 Å². The highest BCUT2D eigenvalue weighted by atomic mass is 35.5. The third kappa shape index (κ3) is 2.46. The minimum Gasteiger partial charge on any atom is -0.286 e. The smallest absolute Gasteiger partial charge is 0.286 e. The van der Waals surface area contributed by atoms with E-state index in [9.17, 15) is 18.0 Å². The van der Waals surface area contributed by atoms with Crippen LogP contribution in [0.3, 0.4) is 0 Å². The molecule has 2 nitrogen and oxygen atoms in total. The van der Waals surface area contributed by atoms with Crippen molar-refractivity contribution >= 4 is 22.7 Å². The van der Waals surface area contributed by atoms with Gasteiger partial charge in [-0.15, -0.1) is 0 Å². The lowest BCUT2D eigenvalue weighted by molar-refractivity contribution is -0.148. The molecule has 0 bridgehead atoms. The number of halogens is 4. The fourth-order valence-electron chi connectivity index (χ4n) is 2.27. The second-order valence-corrected chi connectivity index (χ2v) is 4.52. The number of para-hydroxylation sites is 1. The van der Waals surface area contributed by atoms with Crippen LogP contribution in [0.2, 0.25) is 0 Å². The molecule has 1 atom stereocenters. The molecule has 2 rings (SSSR count). The molecule has 1 heterocycles. The Kier molecular flexibility index (Phi) is 3.52. The first kappa shape index (κ1) is 13.2. The molecule has 0 aromatic heterocycles. The second-order valence-electron chi connectivity index (χ2n) is 4.20. The number of rotatable bonds is 0. The van der Waals surface area contributed by atoms with Gasteiger partial charge in [0.1, 0.15) is 6.04 Å². The molecule has 18 heavy (non-hydrogen) atoms. The standard InChI is InChI=1S/C12H11ClF3NO/c13-11(18)17-9-6-2-1-4-8(9)5-3-7-10(17)12(14,15)16/h1-2,4,6,10H,3,5,7H2. The summed E-state index contributed by atoms with van der Waals surface area (Å²) in [6.45, 7) is 0. The lowest BCUT2D eigenvalue weighted by Gasteiger charge is -2.30. The molecule has 0 aliphatic carbocycles. The van der Waals surface area contributed by atoms with Gasteiger partial charge in [0, 0.05) is 5.69 Å². The summed E-state index contributed by atoms with van der Waals surface area (Å²) in [7, 11) is 0. The minimum atomic E-state index is -4.47. The Hall–Kier alpha value is -1.23. The van der Waals surface area contributed by atoms with Crippen molar-refractivity contribution in [2.24, 2.45) is 0 Å². The van der Waals surface area contributed by atoms with Gasteiger partial charge in [0.05, 0.1) is 0 Å². The molecule has 0 radical (unpaired) electrons. The van der Waals surface area contributed by atoms with Crippen LogP contribution in [0.25, 0.3) is 0 Å². The monoisotopic (exact) mass is 277 g/mol. The first-order chi connectivity index (χ1) is 8.41. The SMILES string of the molecule is O=C(Cl)N1c2ccccc2CCCC1C(F)(F)F. The van der Waals surface area contributed by atoms with Crippen LogP contribution in [0.15, 0.2) is 24.3 Å². The summed E-state index contributed by atoms with van der Waals surface area (Å²) < 4.78 is 38.9. The van der Waals surface area contributed by atoms with Crippen LogP contribution in [0.4, 0.5) is 23.7 Å². The highest BCUT2D eigenvalue weighted by Crippen LogP contribution is 2.37. The van der Waals surface area contributed by atoms with Crippen molar-refractivity contribution in [1.29, 1.82) is 0 Å². The molecule has 1 aliphatic rings. The first-order valence-corrected chi connectivity index (χ1v) is 5.92. The predicted molar refractivity (Wildman–Crippen MR) is 63.0 cm³/mol. The van der Waals surface area contributed by atoms with Crippen LogP contribution in [-0.2, 0) is 6.42 Å². The molecule has 1 aromatic carbocycles. The number of benzene rings is 1. The van der Waals surface area contributed by atoms with Gasteiger partial charge in [0.15, 0.2) is 0 Å². The number of alkyl halides is 3. The zero-order valence-corrected chi connectivity index (χ0v) is 10.1. The molecule has 6 heteroatoms. The van der Waals surface area contributed by atoms with Gasteiger partial charge in [-0.05, 0) is 42.5 Å². The minimum absolute atomic E-state index is 0.128. The van der Waals surface area contributed by atoms with Gasteiger partial charge in [0.2, 0.25) is 0 Å². The third-order valence-electron chi connectivity index (χ3n) is 3.05. The molecule has 0 saturated heterocycles. The number of amides is 1. The number of hydrogen-bond acceptors (Lipinski definition) is 1. The molecule has 98 valence electrons. The number of aryl methyl sites for hydroxylation is 1. The predicted octanol–water partition coefficient (Wildman–Crippen LogP) is 4.12. The number of anilines is 1. The van der Waals surface area contributed by atoms with Crippen molar-refractivity contribution in [2.75, 3.05) is 4.90 Å². The molecule has 1 amide bonds. The van der Waals surface area contributed by atoms with E-state index < -0.39 is 17.6 Å². The van der Waals surface area contributed by atoms with E-state index >= 15 is 0 Å². The highest BCUT2D eigenvalue weighted by Gasteiger charge is 2.46. The zero-order valence-electron chi connectivity index (χ0n) is 9.38. The lowest BCUT2D eigenvalue weighted by atomic mass is 10.1. The van der Waals surface area contributed by atoms with Crippen molar-refractivity contribution in [1.82, 2.24) is 0 Å². The summed E-state index contributed by atoms with van der Waals surface area (Å²) >= 11 is 5.34.